The van der Waals surface area contributed by atoms with Gasteiger partial charge in [-0.3, -0.25) is 0 Å². The largest absolute Gasteiger partial charge is 0.451 e. The molecule has 17 heavy (non-hydrogen) atoms. The Labute approximate surface area is 121 Å². The summed E-state index contributed by atoms with van der Waals surface area (Å²) < 4.78 is 7.16. The van der Waals surface area contributed by atoms with Gasteiger partial charge in [-0.05, 0) is 62.4 Å². The van der Waals surface area contributed by atoms with E-state index in [0.717, 1.165) is 20.6 Å². The average Bonchev–Trinajstić information content (AvgIpc) is 2.67. The average molecular weight is 377 g/mol. The lowest BCUT2D eigenvalue weighted by Crippen LogP contribution is -1.97. The Balaban J connectivity index is 2.01. The second kappa shape index (κ2) is 5.98. The smallest absolute Gasteiger partial charge is 0.183 e. The quantitative estimate of drug-likeness (QED) is 0.748. The molecule has 90 valence electrons. The van der Waals surface area contributed by atoms with Crippen LogP contribution < -0.4 is 5.32 Å². The predicted octanol–water partition coefficient (Wildman–Crippen LogP) is 5.14. The van der Waals surface area contributed by atoms with Crippen molar-refractivity contribution in [2.75, 3.05) is 11.6 Å². The summed E-state index contributed by atoms with van der Waals surface area (Å²) in [6.07, 6.45) is 2.07. The summed E-state index contributed by atoms with van der Waals surface area (Å²) in [4.78, 5) is 1.25. The van der Waals surface area contributed by atoms with Crippen LogP contribution in [0.4, 0.5) is 5.69 Å². The van der Waals surface area contributed by atoms with Crippen molar-refractivity contribution in [1.29, 1.82) is 0 Å². The molecule has 0 fully saturated rings. The van der Waals surface area contributed by atoms with E-state index in [9.17, 15) is 0 Å². The number of anilines is 1. The standard InChI is InChI=1S/C12H11Br2NOS/c1-17-10-4-2-3-8(5-10)15-7-9-6-11(13)12(14)16-9/h2-6,15H,7H2,1H3. The molecule has 2 nitrogen and oxygen atoms in total. The summed E-state index contributed by atoms with van der Waals surface area (Å²) in [5.74, 6) is 0.887. The molecule has 1 aromatic heterocycles. The molecule has 1 aromatic carbocycles. The van der Waals surface area contributed by atoms with Crippen molar-refractivity contribution in [3.05, 3.63) is 45.2 Å². The molecule has 0 aliphatic heterocycles. The monoisotopic (exact) mass is 375 g/mol. The van der Waals surface area contributed by atoms with E-state index >= 15 is 0 Å². The maximum atomic E-state index is 5.49. The van der Waals surface area contributed by atoms with Crippen LogP contribution in [-0.2, 0) is 6.54 Å². The highest BCUT2D eigenvalue weighted by atomic mass is 79.9. The molecule has 0 radical (unpaired) electrons. The Bertz CT molecular complexity index is 493. The van der Waals surface area contributed by atoms with Crippen LogP contribution in [0.15, 0.2) is 48.8 Å². The van der Waals surface area contributed by atoms with E-state index in [1.165, 1.54) is 4.90 Å². The summed E-state index contributed by atoms with van der Waals surface area (Å²) in [5, 5.41) is 3.33. The van der Waals surface area contributed by atoms with E-state index in [0.29, 0.717) is 6.54 Å². The van der Waals surface area contributed by atoms with Crippen LogP contribution in [0, 0.1) is 0 Å². The Hall–Kier alpha value is -0.390. The molecular formula is C12H11Br2NOS. The van der Waals surface area contributed by atoms with Gasteiger partial charge in [0.25, 0.3) is 0 Å². The third-order valence-corrected chi connectivity index (χ3v) is 4.67. The fourth-order valence-corrected chi connectivity index (χ4v) is 2.52. The molecule has 0 atom stereocenters. The van der Waals surface area contributed by atoms with Crippen LogP contribution in [0.1, 0.15) is 5.76 Å². The molecule has 2 aromatic rings. The SMILES string of the molecule is CSc1cccc(NCc2cc(Br)c(Br)o2)c1. The highest BCUT2D eigenvalue weighted by molar-refractivity contribution is 9.13. The molecule has 0 amide bonds. The maximum Gasteiger partial charge on any atom is 0.183 e. The van der Waals surface area contributed by atoms with Gasteiger partial charge in [0, 0.05) is 10.6 Å². The van der Waals surface area contributed by atoms with Gasteiger partial charge in [-0.1, -0.05) is 6.07 Å². The van der Waals surface area contributed by atoms with Crippen molar-refractivity contribution in [3.63, 3.8) is 0 Å². The molecule has 0 bridgehead atoms. The minimum absolute atomic E-state index is 0.669. The maximum absolute atomic E-state index is 5.49. The summed E-state index contributed by atoms with van der Waals surface area (Å²) in [6, 6.07) is 10.3. The number of hydrogen-bond donors (Lipinski definition) is 1. The van der Waals surface area contributed by atoms with Crippen molar-refractivity contribution >= 4 is 49.3 Å². The van der Waals surface area contributed by atoms with Crippen molar-refractivity contribution in [2.24, 2.45) is 0 Å². The fraction of sp³-hybridized carbons (Fsp3) is 0.167. The number of furan rings is 1. The Morgan fingerprint density at radius 2 is 2.12 bits per heavy atom. The zero-order chi connectivity index (χ0) is 12.3. The second-order valence-electron chi connectivity index (χ2n) is 3.42. The predicted molar refractivity (Wildman–Crippen MR) is 79.7 cm³/mol. The van der Waals surface area contributed by atoms with E-state index in [2.05, 4.69) is 55.6 Å². The number of nitrogens with one attached hydrogen (secondary N) is 1. The van der Waals surface area contributed by atoms with Gasteiger partial charge in [-0.25, -0.2) is 0 Å². The molecule has 0 aliphatic carbocycles. The lowest BCUT2D eigenvalue weighted by Gasteiger charge is -2.05. The van der Waals surface area contributed by atoms with E-state index < -0.39 is 0 Å². The molecule has 1 heterocycles. The number of benzene rings is 1. The molecule has 2 rings (SSSR count). The van der Waals surface area contributed by atoms with E-state index in [4.69, 9.17) is 4.42 Å². The van der Waals surface area contributed by atoms with Crippen LogP contribution in [-0.4, -0.2) is 6.26 Å². The summed E-state index contributed by atoms with van der Waals surface area (Å²) in [6.45, 7) is 0.669. The van der Waals surface area contributed by atoms with Gasteiger partial charge in [0.05, 0.1) is 11.0 Å². The first-order valence-electron chi connectivity index (χ1n) is 5.00. The fourth-order valence-electron chi connectivity index (χ4n) is 1.40. The van der Waals surface area contributed by atoms with Crippen LogP contribution in [0.2, 0.25) is 0 Å². The van der Waals surface area contributed by atoms with Crippen LogP contribution in [0.5, 0.6) is 0 Å². The first-order valence-corrected chi connectivity index (χ1v) is 7.82. The molecule has 0 saturated carbocycles. The summed E-state index contributed by atoms with van der Waals surface area (Å²) in [7, 11) is 0. The van der Waals surface area contributed by atoms with E-state index in [1.54, 1.807) is 11.8 Å². The Morgan fingerprint density at radius 1 is 1.29 bits per heavy atom. The summed E-state index contributed by atoms with van der Waals surface area (Å²) in [5.41, 5.74) is 1.10. The molecule has 0 unspecified atom stereocenters. The highest BCUT2D eigenvalue weighted by Crippen LogP contribution is 2.27. The van der Waals surface area contributed by atoms with Crippen molar-refractivity contribution in [2.45, 2.75) is 11.4 Å². The van der Waals surface area contributed by atoms with Crippen molar-refractivity contribution in [1.82, 2.24) is 0 Å². The molecule has 5 heteroatoms. The third-order valence-electron chi connectivity index (χ3n) is 2.23. The van der Waals surface area contributed by atoms with E-state index in [1.807, 2.05) is 18.2 Å². The van der Waals surface area contributed by atoms with Gasteiger partial charge < -0.3 is 9.73 Å². The molecule has 0 aliphatic rings. The first-order chi connectivity index (χ1) is 8.19. The molecule has 1 N–H and O–H groups in total. The van der Waals surface area contributed by atoms with E-state index in [-0.39, 0.29) is 0 Å². The Morgan fingerprint density at radius 3 is 2.76 bits per heavy atom. The van der Waals surface area contributed by atoms with Gasteiger partial charge in [-0.15, -0.1) is 11.8 Å². The molecule has 0 saturated heterocycles. The minimum Gasteiger partial charge on any atom is -0.451 e. The van der Waals surface area contributed by atoms with Gasteiger partial charge >= 0.3 is 0 Å². The lowest BCUT2D eigenvalue weighted by molar-refractivity contribution is 0.494. The van der Waals surface area contributed by atoms with Crippen molar-refractivity contribution in [3.8, 4) is 0 Å². The first kappa shape index (κ1) is 13.1. The van der Waals surface area contributed by atoms with Gasteiger partial charge in [0.15, 0.2) is 4.67 Å². The highest BCUT2D eigenvalue weighted by Gasteiger charge is 2.05. The second-order valence-corrected chi connectivity index (χ2v) is 5.87. The van der Waals surface area contributed by atoms with Gasteiger partial charge in [0.2, 0.25) is 0 Å². The summed E-state index contributed by atoms with van der Waals surface area (Å²) >= 11 is 8.45. The van der Waals surface area contributed by atoms with Gasteiger partial charge in [0.1, 0.15) is 5.76 Å². The third kappa shape index (κ3) is 3.53. The van der Waals surface area contributed by atoms with Crippen LogP contribution >= 0.6 is 43.6 Å². The lowest BCUT2D eigenvalue weighted by atomic mass is 10.3. The van der Waals surface area contributed by atoms with Crippen LogP contribution in [0.3, 0.4) is 0 Å². The van der Waals surface area contributed by atoms with Gasteiger partial charge in [-0.2, -0.15) is 0 Å². The minimum atomic E-state index is 0.669. The number of rotatable bonds is 4. The normalized spacial score (nSPS) is 10.5. The van der Waals surface area contributed by atoms with Crippen LogP contribution in [0.25, 0.3) is 0 Å². The number of thioether (sulfide) groups is 1. The van der Waals surface area contributed by atoms with Crippen molar-refractivity contribution < 1.29 is 4.42 Å². The zero-order valence-corrected chi connectivity index (χ0v) is 13.2. The zero-order valence-electron chi connectivity index (χ0n) is 9.17. The topological polar surface area (TPSA) is 25.2 Å². The molecule has 0 spiro atoms. The number of hydrogen-bond acceptors (Lipinski definition) is 3. The number of halogens is 2. The Kier molecular flexibility index (Phi) is 4.59. The molecular weight excluding hydrogens is 366 g/mol.